The van der Waals surface area contributed by atoms with Gasteiger partial charge in [0, 0.05) is 24.1 Å². The molecule has 0 spiro atoms. The van der Waals surface area contributed by atoms with Gasteiger partial charge in [-0.2, -0.15) is 0 Å². The molecule has 1 aromatic carbocycles. The molecular weight excluding hydrogens is 454 g/mol. The molecule has 0 saturated carbocycles. The molecule has 0 aliphatic carbocycles. The topological polar surface area (TPSA) is 77.7 Å². The predicted octanol–water partition coefficient (Wildman–Crippen LogP) is 6.74. The van der Waals surface area contributed by atoms with Crippen LogP contribution in [0.2, 0.25) is 18.1 Å². The van der Waals surface area contributed by atoms with E-state index in [1.54, 1.807) is 6.20 Å². The van der Waals surface area contributed by atoms with Gasteiger partial charge in [0.15, 0.2) is 8.32 Å². The van der Waals surface area contributed by atoms with Crippen molar-refractivity contribution in [2.24, 2.45) is 0 Å². The van der Waals surface area contributed by atoms with Crippen molar-refractivity contribution < 1.29 is 14.0 Å². The van der Waals surface area contributed by atoms with Crippen LogP contribution in [0.1, 0.15) is 71.6 Å². The molecule has 1 aliphatic heterocycles. The van der Waals surface area contributed by atoms with E-state index in [2.05, 4.69) is 44.9 Å². The molecule has 6 nitrogen and oxygen atoms in total. The van der Waals surface area contributed by atoms with Gasteiger partial charge in [0.25, 0.3) is 0 Å². The number of benzene rings is 1. The van der Waals surface area contributed by atoms with Crippen LogP contribution in [-0.2, 0) is 15.6 Å². The monoisotopic (exact) mass is 497 g/mol. The molecule has 1 aromatic heterocycles. The van der Waals surface area contributed by atoms with E-state index in [4.69, 9.17) is 14.9 Å². The molecule has 1 saturated heterocycles. The fourth-order valence-corrected chi connectivity index (χ4v) is 5.62. The molecule has 2 N–H and O–H groups in total. The number of hydrogen-bond donors (Lipinski definition) is 1. The number of nitrogen functional groups attached to an aromatic ring is 1. The van der Waals surface area contributed by atoms with E-state index in [9.17, 15) is 4.79 Å². The molecule has 35 heavy (non-hydrogen) atoms. The minimum absolute atomic E-state index is 0.0145. The van der Waals surface area contributed by atoms with Crippen molar-refractivity contribution in [3.63, 3.8) is 0 Å². The highest BCUT2D eigenvalue weighted by Crippen LogP contribution is 2.44. The van der Waals surface area contributed by atoms with Gasteiger partial charge in [0.1, 0.15) is 5.60 Å². The van der Waals surface area contributed by atoms with Gasteiger partial charge < -0.3 is 14.9 Å². The largest absolute Gasteiger partial charge is 0.444 e. The zero-order chi connectivity index (χ0) is 26.0. The Hall–Kier alpha value is -2.38. The first-order valence-corrected chi connectivity index (χ1v) is 15.5. The maximum Gasteiger partial charge on any atom is 0.410 e. The second-order valence-corrected chi connectivity index (χ2v) is 17.0. The van der Waals surface area contributed by atoms with Crippen molar-refractivity contribution in [1.82, 2.24) is 9.88 Å². The number of pyridine rings is 1. The van der Waals surface area contributed by atoms with Gasteiger partial charge in [0.2, 0.25) is 0 Å². The summed E-state index contributed by atoms with van der Waals surface area (Å²) in [6, 6.07) is 11.8. The number of amides is 1. The van der Waals surface area contributed by atoms with Crippen LogP contribution in [0.4, 0.5) is 10.5 Å². The average Bonchev–Trinajstić information content (AvgIpc) is 3.15. The summed E-state index contributed by atoms with van der Waals surface area (Å²) in [4.78, 5) is 20.0. The number of aromatic nitrogens is 1. The van der Waals surface area contributed by atoms with Crippen LogP contribution in [0.5, 0.6) is 0 Å². The van der Waals surface area contributed by atoms with E-state index < -0.39 is 13.9 Å². The van der Waals surface area contributed by atoms with E-state index in [1.165, 1.54) is 0 Å². The van der Waals surface area contributed by atoms with Gasteiger partial charge >= 0.3 is 6.09 Å². The molecule has 1 unspecified atom stereocenters. The number of hydrogen-bond acceptors (Lipinski definition) is 5. The number of anilines is 1. The Morgan fingerprint density at radius 1 is 1.11 bits per heavy atom. The van der Waals surface area contributed by atoms with Crippen molar-refractivity contribution in [2.75, 3.05) is 5.73 Å². The highest BCUT2D eigenvalue weighted by molar-refractivity contribution is 6.74. The summed E-state index contributed by atoms with van der Waals surface area (Å²) in [5, 5.41) is 0.0339. The number of nitrogens with zero attached hydrogens (tertiary/aromatic N) is 2. The third-order valence-electron chi connectivity index (χ3n) is 7.19. The van der Waals surface area contributed by atoms with Gasteiger partial charge in [-0.3, -0.25) is 9.88 Å². The standard InChI is InChI=1S/C28H43N3O3Si/c1-27(2,3)33-26(32)31-23(18-20-11-13-22(29)14-12-20)15-16-24(31)25(21-10-9-17-30-19-21)34-35(7,8)28(4,5)6/h9-14,17,19,23-25H,15-16,18,29H2,1-8H3/t23-,24+,25?/m0/s1. The molecule has 0 radical (unpaired) electrons. The van der Waals surface area contributed by atoms with E-state index in [0.717, 1.165) is 36.1 Å². The normalized spacial score (nSPS) is 20.1. The quantitative estimate of drug-likeness (QED) is 0.353. The fourth-order valence-electron chi connectivity index (χ4n) is 4.34. The van der Waals surface area contributed by atoms with Crippen molar-refractivity contribution in [2.45, 2.75) is 103 Å². The molecule has 7 heteroatoms. The highest BCUT2D eigenvalue weighted by Gasteiger charge is 2.47. The molecule has 0 bridgehead atoms. The number of ether oxygens (including phenoxy) is 1. The smallest absolute Gasteiger partial charge is 0.410 e. The van der Waals surface area contributed by atoms with Crippen molar-refractivity contribution in [3.8, 4) is 0 Å². The maximum atomic E-state index is 13.6. The van der Waals surface area contributed by atoms with Crippen LogP contribution in [0.15, 0.2) is 48.8 Å². The Labute approximate surface area is 212 Å². The summed E-state index contributed by atoms with van der Waals surface area (Å²) in [6.07, 6.45) is 5.56. The van der Waals surface area contributed by atoms with Crippen LogP contribution >= 0.6 is 0 Å². The van der Waals surface area contributed by atoms with Crippen molar-refractivity contribution >= 4 is 20.1 Å². The van der Waals surface area contributed by atoms with Crippen LogP contribution < -0.4 is 5.73 Å². The SMILES string of the molecule is CC(C)(C)OC(=O)N1[C@H](Cc2ccc(N)cc2)CC[C@@H]1C(O[Si](C)(C)C(C)(C)C)c1cccnc1. The lowest BCUT2D eigenvalue weighted by Crippen LogP contribution is -2.50. The van der Waals surface area contributed by atoms with Crippen molar-refractivity contribution in [3.05, 3.63) is 59.9 Å². The zero-order valence-corrected chi connectivity index (χ0v) is 23.7. The number of carbonyl (C=O) groups is 1. The summed E-state index contributed by atoms with van der Waals surface area (Å²) in [5.41, 5.74) is 8.21. The average molecular weight is 498 g/mol. The van der Waals surface area contributed by atoms with E-state index in [0.29, 0.717) is 0 Å². The summed E-state index contributed by atoms with van der Waals surface area (Å²) >= 11 is 0. The fraction of sp³-hybridized carbons (Fsp3) is 0.571. The van der Waals surface area contributed by atoms with Gasteiger partial charge in [-0.15, -0.1) is 0 Å². The van der Waals surface area contributed by atoms with E-state index in [-0.39, 0.29) is 29.3 Å². The molecule has 1 aliphatic rings. The third-order valence-corrected chi connectivity index (χ3v) is 11.6. The second kappa shape index (κ2) is 10.3. The summed E-state index contributed by atoms with van der Waals surface area (Å²) in [6.45, 7) is 17.0. The van der Waals surface area contributed by atoms with Crippen LogP contribution in [0, 0.1) is 0 Å². The minimum atomic E-state index is -2.15. The van der Waals surface area contributed by atoms with Crippen LogP contribution in [-0.4, -0.2) is 42.0 Å². The Bertz CT molecular complexity index is 981. The van der Waals surface area contributed by atoms with E-state index in [1.807, 2.05) is 62.2 Å². The Balaban J connectivity index is 2.00. The first kappa shape index (κ1) is 27.2. The lowest BCUT2D eigenvalue weighted by Gasteiger charge is -2.43. The first-order valence-electron chi connectivity index (χ1n) is 12.6. The first-order chi connectivity index (χ1) is 16.2. The van der Waals surface area contributed by atoms with Gasteiger partial charge in [-0.05, 0) is 87.5 Å². The van der Waals surface area contributed by atoms with E-state index >= 15 is 0 Å². The molecule has 1 amide bonds. The zero-order valence-electron chi connectivity index (χ0n) is 22.7. The predicted molar refractivity (Wildman–Crippen MR) is 145 cm³/mol. The molecule has 1 fully saturated rings. The number of nitrogens with two attached hydrogens (primary N) is 1. The lowest BCUT2D eigenvalue weighted by atomic mass is 10.0. The molecule has 3 rings (SSSR count). The number of rotatable bonds is 6. The molecule has 2 heterocycles. The Morgan fingerprint density at radius 2 is 1.77 bits per heavy atom. The molecule has 3 atom stereocenters. The van der Waals surface area contributed by atoms with Crippen LogP contribution in [0.25, 0.3) is 0 Å². The van der Waals surface area contributed by atoms with Gasteiger partial charge in [-0.25, -0.2) is 4.79 Å². The summed E-state index contributed by atoms with van der Waals surface area (Å²) in [7, 11) is -2.15. The van der Waals surface area contributed by atoms with Gasteiger partial charge in [0.05, 0.1) is 12.1 Å². The Kier molecular flexibility index (Phi) is 8.01. The van der Waals surface area contributed by atoms with Gasteiger partial charge in [-0.1, -0.05) is 39.0 Å². The van der Waals surface area contributed by atoms with Crippen molar-refractivity contribution in [1.29, 1.82) is 0 Å². The molecule has 2 aromatic rings. The molecule has 192 valence electrons. The second-order valence-electron chi connectivity index (χ2n) is 12.2. The minimum Gasteiger partial charge on any atom is -0.444 e. The number of likely N-dealkylation sites (tertiary alicyclic amines) is 1. The highest BCUT2D eigenvalue weighted by atomic mass is 28.4. The lowest BCUT2D eigenvalue weighted by molar-refractivity contribution is -0.00243. The number of carbonyl (C=O) groups excluding carboxylic acids is 1. The maximum absolute atomic E-state index is 13.6. The summed E-state index contributed by atoms with van der Waals surface area (Å²) < 4.78 is 13.0. The summed E-state index contributed by atoms with van der Waals surface area (Å²) in [5.74, 6) is 0. The van der Waals surface area contributed by atoms with Crippen LogP contribution in [0.3, 0.4) is 0 Å². The Morgan fingerprint density at radius 3 is 2.31 bits per heavy atom. The third kappa shape index (κ3) is 6.85. The molecular formula is C28H43N3O3Si.